The van der Waals surface area contributed by atoms with Crippen LogP contribution in [0.15, 0.2) is 212 Å². The van der Waals surface area contributed by atoms with E-state index in [4.69, 9.17) is 47.4 Å². The molecule has 0 saturated carbocycles. The highest BCUT2D eigenvalue weighted by atomic mass is 79.9. The molecule has 0 N–H and O–H groups in total. The molecule has 2 saturated heterocycles. The standard InChI is InChI=1S/C61H49BrO17/c62-53-51(77-59(68)43-32-18-6-19-33-43)49(75-57(66)41-28-14-4-15-29-41)48(45(72-53)36-70-54(63)38-22-8-1-9-23-38)79-61-52(78-60(69)44-34-20-7-21-35-44)50(76-58(67)42-30-16-5-17-31-42)47(74-56(65)40-26-12-3-13-27-40)46(73-61)37-71-55(64)39-24-10-2-11-25-39/h1-35,45-53,61H,36-37H2/t45-,46-,47-,48-,49+,50+,51-,52-,53+,61+/m1/s1. The van der Waals surface area contributed by atoms with Gasteiger partial charge in [0.2, 0.25) is 0 Å². The van der Waals surface area contributed by atoms with Crippen molar-refractivity contribution in [2.75, 3.05) is 13.2 Å². The van der Waals surface area contributed by atoms with E-state index in [1.807, 2.05) is 0 Å². The van der Waals surface area contributed by atoms with E-state index < -0.39 is 115 Å². The molecule has 7 aromatic carbocycles. The summed E-state index contributed by atoms with van der Waals surface area (Å²) in [6.45, 7) is -1.34. The largest absolute Gasteiger partial charge is 0.459 e. The summed E-state index contributed by atoms with van der Waals surface area (Å²) in [5.74, 6) is -6.33. The Morgan fingerprint density at radius 1 is 0.304 bits per heavy atom. The molecule has 2 aliphatic rings. The van der Waals surface area contributed by atoms with Gasteiger partial charge in [0.25, 0.3) is 0 Å². The van der Waals surface area contributed by atoms with E-state index >= 15 is 0 Å². The molecule has 17 nitrogen and oxygen atoms in total. The van der Waals surface area contributed by atoms with Crippen molar-refractivity contribution in [2.45, 2.75) is 60.1 Å². The molecule has 79 heavy (non-hydrogen) atoms. The summed E-state index contributed by atoms with van der Waals surface area (Å²) >= 11 is 3.49. The Kier molecular flexibility index (Phi) is 18.4. The van der Waals surface area contributed by atoms with Gasteiger partial charge in [0.15, 0.2) is 41.8 Å². The molecule has 0 aromatic heterocycles. The van der Waals surface area contributed by atoms with Crippen molar-refractivity contribution in [1.29, 1.82) is 0 Å². The van der Waals surface area contributed by atoms with Crippen molar-refractivity contribution >= 4 is 57.7 Å². The zero-order valence-electron chi connectivity index (χ0n) is 41.7. The van der Waals surface area contributed by atoms with Crippen LogP contribution in [-0.4, -0.2) is 115 Å². The summed E-state index contributed by atoms with van der Waals surface area (Å²) in [5, 5.41) is -1.31. The van der Waals surface area contributed by atoms with E-state index in [2.05, 4.69) is 15.9 Å². The second-order valence-electron chi connectivity index (χ2n) is 17.8. The SMILES string of the molecule is O=C(OC[C@H]1O[C@H](Br)[C@H](OC(=O)c2ccccc2)[C@@H](OC(=O)c2ccccc2)[C@@H]1O[C@@H]1O[C@H](COC(=O)c2ccccc2)[C@@H](OC(=O)c2ccccc2)[C@H](OC(=O)c2ccccc2)[C@H]1OC(=O)c1ccccc1)c1ccccc1. The molecule has 2 aliphatic heterocycles. The van der Waals surface area contributed by atoms with Crippen molar-refractivity contribution < 1.29 is 80.9 Å². The van der Waals surface area contributed by atoms with Gasteiger partial charge in [-0.25, -0.2) is 33.6 Å². The Hall–Kier alpha value is -8.81. The molecule has 0 radical (unpaired) electrons. The van der Waals surface area contributed by atoms with Crippen LogP contribution in [0, 0.1) is 0 Å². The maximum atomic E-state index is 14.5. The minimum Gasteiger partial charge on any atom is -0.459 e. The summed E-state index contributed by atoms with van der Waals surface area (Å²) in [6.07, 6.45) is -15.7. The first-order valence-corrected chi connectivity index (χ1v) is 25.8. The van der Waals surface area contributed by atoms with E-state index in [-0.39, 0.29) is 38.9 Å². The van der Waals surface area contributed by atoms with Crippen LogP contribution in [0.4, 0.5) is 0 Å². The Labute approximate surface area is 461 Å². The molecule has 18 heteroatoms. The third kappa shape index (κ3) is 14.0. The zero-order chi connectivity index (χ0) is 55.1. The van der Waals surface area contributed by atoms with E-state index in [0.29, 0.717) is 0 Å². The first-order chi connectivity index (χ1) is 38.5. The normalized spacial score (nSPS) is 22.4. The third-order valence-corrected chi connectivity index (χ3v) is 13.2. The van der Waals surface area contributed by atoms with E-state index in [0.717, 1.165) is 0 Å². The predicted octanol–water partition coefficient (Wildman–Crippen LogP) is 9.06. The molecule has 0 unspecified atom stereocenters. The lowest BCUT2D eigenvalue weighted by Crippen LogP contribution is -2.66. The van der Waals surface area contributed by atoms with Gasteiger partial charge < -0.3 is 47.4 Å². The van der Waals surface area contributed by atoms with E-state index in [1.54, 1.807) is 127 Å². The highest BCUT2D eigenvalue weighted by Gasteiger charge is 2.58. The van der Waals surface area contributed by atoms with Crippen LogP contribution >= 0.6 is 15.9 Å². The number of ether oxygens (including phenoxy) is 10. The molecule has 2 heterocycles. The van der Waals surface area contributed by atoms with Crippen LogP contribution in [0.3, 0.4) is 0 Å². The second kappa shape index (κ2) is 26.5. The molecule has 7 aromatic rings. The van der Waals surface area contributed by atoms with Crippen molar-refractivity contribution in [3.05, 3.63) is 251 Å². The molecule has 9 rings (SSSR count). The average molecular weight is 1130 g/mol. The fourth-order valence-electron chi connectivity index (χ4n) is 8.56. The topological polar surface area (TPSA) is 212 Å². The third-order valence-electron chi connectivity index (χ3n) is 12.5. The highest BCUT2D eigenvalue weighted by molar-refractivity contribution is 9.09. The van der Waals surface area contributed by atoms with Gasteiger partial charge in [-0.2, -0.15) is 0 Å². The first-order valence-electron chi connectivity index (χ1n) is 24.9. The lowest BCUT2D eigenvalue weighted by molar-refractivity contribution is -0.334. The van der Waals surface area contributed by atoms with E-state index in [1.165, 1.54) is 84.9 Å². The number of hydrogen-bond acceptors (Lipinski definition) is 17. The minimum atomic E-state index is -2.01. The van der Waals surface area contributed by atoms with E-state index in [9.17, 15) is 33.6 Å². The lowest BCUT2D eigenvalue weighted by atomic mass is 9.96. The molecule has 402 valence electrons. The van der Waals surface area contributed by atoms with Gasteiger partial charge in [0.1, 0.15) is 31.5 Å². The Morgan fingerprint density at radius 3 is 0.886 bits per heavy atom. The Bertz CT molecular complexity index is 3170. The van der Waals surface area contributed by atoms with Crippen molar-refractivity contribution in [3.8, 4) is 0 Å². The minimum absolute atomic E-state index is 0.0162. The Balaban J connectivity index is 1.18. The molecule has 10 atom stereocenters. The summed E-state index contributed by atoms with van der Waals surface area (Å²) in [7, 11) is 0. The summed E-state index contributed by atoms with van der Waals surface area (Å²) < 4.78 is 63.0. The fraction of sp³-hybridized carbons (Fsp3) is 0.197. The van der Waals surface area contributed by atoms with Crippen LogP contribution in [0.1, 0.15) is 72.5 Å². The number of rotatable bonds is 18. The molecule has 0 bridgehead atoms. The van der Waals surface area contributed by atoms with Crippen molar-refractivity contribution in [2.24, 2.45) is 0 Å². The number of alkyl halides is 1. The monoisotopic (exact) mass is 1130 g/mol. The molecular weight excluding hydrogens is 1080 g/mol. The van der Waals surface area contributed by atoms with Crippen LogP contribution in [0.25, 0.3) is 0 Å². The number of carbonyl (C=O) groups excluding carboxylic acids is 7. The zero-order valence-corrected chi connectivity index (χ0v) is 43.3. The lowest BCUT2D eigenvalue weighted by Gasteiger charge is -2.48. The summed E-state index contributed by atoms with van der Waals surface area (Å²) in [5.41, 5.74) is 0.594. The smallest absolute Gasteiger partial charge is 0.338 e. The number of halogens is 1. The second-order valence-corrected chi connectivity index (χ2v) is 18.7. The Morgan fingerprint density at radius 2 is 0.557 bits per heavy atom. The van der Waals surface area contributed by atoms with Gasteiger partial charge >= 0.3 is 41.8 Å². The molecule has 2 fully saturated rings. The quantitative estimate of drug-likeness (QED) is 0.0445. The maximum Gasteiger partial charge on any atom is 0.338 e. The van der Waals surface area contributed by atoms with Gasteiger partial charge in [-0.3, -0.25) is 0 Å². The van der Waals surface area contributed by atoms with Crippen molar-refractivity contribution in [3.63, 3.8) is 0 Å². The maximum absolute atomic E-state index is 14.5. The summed E-state index contributed by atoms with van der Waals surface area (Å²) in [6, 6.07) is 55.1. The molecule has 0 amide bonds. The highest BCUT2D eigenvalue weighted by Crippen LogP contribution is 2.38. The van der Waals surface area contributed by atoms with Crippen LogP contribution in [0.5, 0.6) is 0 Å². The molecule has 0 spiro atoms. The predicted molar refractivity (Wildman–Crippen MR) is 283 cm³/mol. The number of carbonyl (C=O) groups is 7. The van der Waals surface area contributed by atoms with Gasteiger partial charge in [0, 0.05) is 0 Å². The number of benzene rings is 7. The van der Waals surface area contributed by atoms with Crippen LogP contribution in [-0.2, 0) is 47.4 Å². The van der Waals surface area contributed by atoms with Gasteiger partial charge in [-0.05, 0) is 84.9 Å². The first kappa shape index (κ1) is 55.0. The molecule has 0 aliphatic carbocycles. The van der Waals surface area contributed by atoms with Gasteiger partial charge in [-0.1, -0.05) is 143 Å². The van der Waals surface area contributed by atoms with Crippen LogP contribution < -0.4 is 0 Å². The average Bonchev–Trinajstić information content (AvgIpc) is 3.51. The van der Waals surface area contributed by atoms with Crippen molar-refractivity contribution in [1.82, 2.24) is 0 Å². The van der Waals surface area contributed by atoms with Gasteiger partial charge in [0.05, 0.1) is 38.9 Å². The fourth-order valence-corrected chi connectivity index (χ4v) is 9.25. The number of esters is 7. The summed E-state index contributed by atoms with van der Waals surface area (Å²) in [4.78, 5) is 98.9. The number of hydrogen-bond donors (Lipinski definition) is 0. The van der Waals surface area contributed by atoms with Crippen LogP contribution in [0.2, 0.25) is 0 Å². The molecular formula is C61H49BrO17. The van der Waals surface area contributed by atoms with Gasteiger partial charge in [-0.15, -0.1) is 0 Å².